The molecule has 0 aliphatic rings. The van der Waals surface area contributed by atoms with Gasteiger partial charge in [0.15, 0.2) is 0 Å². The first kappa shape index (κ1) is 19.5. The summed E-state index contributed by atoms with van der Waals surface area (Å²) in [6, 6.07) is 4.66. The summed E-state index contributed by atoms with van der Waals surface area (Å²) in [5.74, 6) is 0. The van der Waals surface area contributed by atoms with Gasteiger partial charge in [-0.05, 0) is 17.7 Å². The van der Waals surface area contributed by atoms with Crippen molar-refractivity contribution >= 4 is 42.9 Å². The van der Waals surface area contributed by atoms with Crippen LogP contribution >= 0.6 is 0 Å². The molecule has 1 heterocycles. The number of hydrogen-bond acceptors (Lipinski definition) is 5. The van der Waals surface area contributed by atoms with Crippen LogP contribution in [0.25, 0.3) is 10.9 Å². The molecule has 0 amide bonds. The minimum atomic E-state index is -3.68. The molecule has 0 spiro atoms. The maximum absolute atomic E-state index is 12.5. The normalized spacial score (nSPS) is 13.2. The summed E-state index contributed by atoms with van der Waals surface area (Å²) in [7, 11) is -7.18. The van der Waals surface area contributed by atoms with Crippen molar-refractivity contribution in [1.82, 2.24) is 3.97 Å². The third-order valence-corrected chi connectivity index (χ3v) is 5.31. The topological polar surface area (TPSA) is 102 Å². The molecule has 1 aromatic carbocycles. The van der Waals surface area contributed by atoms with Gasteiger partial charge in [0.25, 0.3) is 0 Å². The van der Waals surface area contributed by atoms with E-state index in [0.29, 0.717) is 22.2 Å². The zero-order valence-electron chi connectivity index (χ0n) is 14.8. The molecule has 9 heteroatoms. The Balaban J connectivity index is 2.98. The van der Waals surface area contributed by atoms with Gasteiger partial charge in [-0.1, -0.05) is 26.8 Å². The van der Waals surface area contributed by atoms with Crippen LogP contribution in [0.3, 0.4) is 0 Å². The summed E-state index contributed by atoms with van der Waals surface area (Å²) in [5, 5.41) is 0.613. The maximum Gasteiger partial charge on any atom is 0.236 e. The number of sulfonamides is 1. The second-order valence-corrected chi connectivity index (χ2v) is 10.7. The number of rotatable bonds is 5. The van der Waals surface area contributed by atoms with E-state index in [-0.39, 0.29) is 12.1 Å². The fraction of sp³-hybridized carbons (Fsp3) is 0.438. The Morgan fingerprint density at radius 1 is 1.12 bits per heavy atom. The summed E-state index contributed by atoms with van der Waals surface area (Å²) >= 11 is 0. The van der Waals surface area contributed by atoms with Crippen molar-refractivity contribution in [2.24, 2.45) is 0 Å². The number of carbonyl (C=O) groups is 1. The maximum atomic E-state index is 12.5. The molecule has 7 nitrogen and oxygen atoms in total. The fourth-order valence-corrected chi connectivity index (χ4v) is 4.77. The van der Waals surface area contributed by atoms with Crippen LogP contribution in [0.4, 0.5) is 5.69 Å². The minimum Gasteiger partial charge on any atom is -0.303 e. The van der Waals surface area contributed by atoms with Gasteiger partial charge in [-0.2, -0.15) is 0 Å². The molecule has 1 aromatic heterocycles. The van der Waals surface area contributed by atoms with Crippen LogP contribution in [0.2, 0.25) is 0 Å². The van der Waals surface area contributed by atoms with Gasteiger partial charge in [0.2, 0.25) is 20.0 Å². The van der Waals surface area contributed by atoms with Crippen LogP contribution in [-0.4, -0.2) is 39.6 Å². The molecular weight excluding hydrogens is 364 g/mol. The number of aldehydes is 1. The zero-order chi connectivity index (χ0) is 19.2. The summed E-state index contributed by atoms with van der Waals surface area (Å²) in [4.78, 5) is 11.2. The van der Waals surface area contributed by atoms with Crippen LogP contribution in [0.1, 0.15) is 32.0 Å². The molecule has 0 atom stereocenters. The van der Waals surface area contributed by atoms with Gasteiger partial charge >= 0.3 is 0 Å². The van der Waals surface area contributed by atoms with Crippen molar-refractivity contribution in [2.75, 3.05) is 17.2 Å². The highest BCUT2D eigenvalue weighted by Gasteiger charge is 2.30. The molecule has 0 saturated carbocycles. The number of nitrogens with one attached hydrogen (secondary N) is 1. The Kier molecular flexibility index (Phi) is 4.77. The van der Waals surface area contributed by atoms with E-state index >= 15 is 0 Å². The smallest absolute Gasteiger partial charge is 0.236 e. The second kappa shape index (κ2) is 6.14. The number of carbonyl (C=O) groups excluding carboxylic acids is 1. The predicted molar refractivity (Wildman–Crippen MR) is 99.1 cm³/mol. The molecule has 0 bridgehead atoms. The van der Waals surface area contributed by atoms with E-state index in [0.717, 1.165) is 18.8 Å². The summed E-state index contributed by atoms with van der Waals surface area (Å²) in [6.45, 7) is 5.60. The Morgan fingerprint density at radius 2 is 1.72 bits per heavy atom. The molecular formula is C16H22N2O5S2. The fourth-order valence-electron chi connectivity index (χ4n) is 2.99. The average Bonchev–Trinajstić information content (AvgIpc) is 2.71. The first-order valence-corrected chi connectivity index (χ1v) is 11.3. The van der Waals surface area contributed by atoms with Crippen LogP contribution < -0.4 is 4.72 Å². The molecule has 2 rings (SSSR count). The second-order valence-electron chi connectivity index (χ2n) is 7.08. The Morgan fingerprint density at radius 3 is 2.16 bits per heavy atom. The Labute approximate surface area is 148 Å². The lowest BCUT2D eigenvalue weighted by atomic mass is 9.88. The molecule has 0 aliphatic carbocycles. The molecule has 0 aliphatic heterocycles. The number of benzene rings is 1. The average molecular weight is 386 g/mol. The van der Waals surface area contributed by atoms with Gasteiger partial charge in [0, 0.05) is 22.9 Å². The number of anilines is 1. The third-order valence-electron chi connectivity index (χ3n) is 3.66. The SMILES string of the molecule is CC(C)(C)c1c(CC=O)c2ccc(NS(C)(=O)=O)cc2n1S(C)(=O)=O. The highest BCUT2D eigenvalue weighted by Crippen LogP contribution is 2.37. The molecule has 0 unspecified atom stereocenters. The van der Waals surface area contributed by atoms with Crippen LogP contribution in [0.15, 0.2) is 18.2 Å². The van der Waals surface area contributed by atoms with E-state index in [4.69, 9.17) is 0 Å². The molecule has 0 saturated heterocycles. The lowest BCUT2D eigenvalue weighted by Crippen LogP contribution is -2.23. The van der Waals surface area contributed by atoms with Gasteiger partial charge in [-0.25, -0.2) is 20.8 Å². The van der Waals surface area contributed by atoms with Gasteiger partial charge < -0.3 is 4.79 Å². The van der Waals surface area contributed by atoms with Crippen LogP contribution in [0, 0.1) is 0 Å². The third kappa shape index (κ3) is 4.04. The summed E-state index contributed by atoms with van der Waals surface area (Å²) in [6.07, 6.45) is 2.91. The van der Waals surface area contributed by atoms with Gasteiger partial charge in [0.1, 0.15) is 6.29 Å². The van der Waals surface area contributed by atoms with Crippen molar-refractivity contribution < 1.29 is 21.6 Å². The summed E-state index contributed by atoms with van der Waals surface area (Å²) < 4.78 is 51.4. The van der Waals surface area contributed by atoms with Gasteiger partial charge in [-0.3, -0.25) is 4.72 Å². The predicted octanol–water partition coefficient (Wildman–Crippen LogP) is 1.86. The molecule has 25 heavy (non-hydrogen) atoms. The lowest BCUT2D eigenvalue weighted by molar-refractivity contribution is -0.107. The van der Waals surface area contributed by atoms with E-state index in [2.05, 4.69) is 4.72 Å². The molecule has 138 valence electrons. The minimum absolute atomic E-state index is 0.0739. The lowest BCUT2D eigenvalue weighted by Gasteiger charge is -2.23. The van der Waals surface area contributed by atoms with E-state index in [9.17, 15) is 21.6 Å². The van der Waals surface area contributed by atoms with E-state index in [1.54, 1.807) is 12.1 Å². The van der Waals surface area contributed by atoms with E-state index in [1.165, 1.54) is 10.0 Å². The van der Waals surface area contributed by atoms with Crippen molar-refractivity contribution in [3.8, 4) is 0 Å². The quantitative estimate of drug-likeness (QED) is 0.790. The number of hydrogen-bond donors (Lipinski definition) is 1. The highest BCUT2D eigenvalue weighted by atomic mass is 32.2. The molecule has 0 radical (unpaired) electrons. The summed E-state index contributed by atoms with van der Waals surface area (Å²) in [5.41, 5.74) is 1.22. The van der Waals surface area contributed by atoms with Crippen molar-refractivity contribution in [1.29, 1.82) is 0 Å². The molecule has 2 aromatic rings. The van der Waals surface area contributed by atoms with Crippen molar-refractivity contribution in [3.05, 3.63) is 29.5 Å². The number of fused-ring (bicyclic) bond motifs is 1. The van der Waals surface area contributed by atoms with E-state index < -0.39 is 25.5 Å². The highest BCUT2D eigenvalue weighted by molar-refractivity contribution is 7.92. The van der Waals surface area contributed by atoms with E-state index in [1.807, 2.05) is 20.8 Å². The van der Waals surface area contributed by atoms with Gasteiger partial charge in [-0.15, -0.1) is 0 Å². The van der Waals surface area contributed by atoms with Crippen LogP contribution in [-0.2, 0) is 36.7 Å². The molecule has 0 fully saturated rings. The Bertz CT molecular complexity index is 1040. The Hall–Kier alpha value is -1.87. The largest absolute Gasteiger partial charge is 0.303 e. The van der Waals surface area contributed by atoms with Crippen LogP contribution in [0.5, 0.6) is 0 Å². The number of aromatic nitrogens is 1. The zero-order valence-corrected chi connectivity index (χ0v) is 16.5. The first-order chi connectivity index (χ1) is 11.3. The first-order valence-electron chi connectivity index (χ1n) is 7.55. The van der Waals surface area contributed by atoms with Gasteiger partial charge in [0.05, 0.1) is 23.7 Å². The number of nitrogens with zero attached hydrogens (tertiary/aromatic N) is 1. The van der Waals surface area contributed by atoms with Crippen molar-refractivity contribution in [2.45, 2.75) is 32.6 Å². The standard InChI is InChI=1S/C16H22N2O5S2/c1-16(2,3)15-13(8-9-19)12-7-6-11(17-24(4,20)21)10-14(12)18(15)25(5,22)23/h6-7,9-10,17H,8H2,1-5H3. The molecule has 1 N–H and O–H groups in total. The monoisotopic (exact) mass is 386 g/mol. The van der Waals surface area contributed by atoms with Crippen molar-refractivity contribution in [3.63, 3.8) is 0 Å².